The monoisotopic (exact) mass is 192 g/mol. The highest BCUT2D eigenvalue weighted by Crippen LogP contribution is 2.03. The number of hydrogen-bond donors (Lipinski definition) is 0. The number of carbonyl (C=O) groups excluding carboxylic acids is 1. The van der Waals surface area contributed by atoms with E-state index >= 15 is 0 Å². The first-order valence-electron chi connectivity index (χ1n) is 4.82. The van der Waals surface area contributed by atoms with Gasteiger partial charge in [-0.2, -0.15) is 0 Å². The molecule has 0 unspecified atom stereocenters. The third-order valence-electron chi connectivity index (χ3n) is 2.17. The Morgan fingerprint density at radius 1 is 1.36 bits per heavy atom. The van der Waals surface area contributed by atoms with E-state index in [2.05, 4.69) is 0 Å². The van der Waals surface area contributed by atoms with Crippen LogP contribution in [-0.2, 0) is 16.1 Å². The van der Waals surface area contributed by atoms with Crippen LogP contribution in [0, 0.1) is 5.92 Å². The van der Waals surface area contributed by atoms with Crippen LogP contribution in [0.25, 0.3) is 0 Å². The molecular formula is C12H16O2. The smallest absolute Gasteiger partial charge is 0.134 e. The van der Waals surface area contributed by atoms with Crippen LogP contribution in [0.1, 0.15) is 19.4 Å². The van der Waals surface area contributed by atoms with E-state index in [0.717, 1.165) is 5.56 Å². The summed E-state index contributed by atoms with van der Waals surface area (Å²) in [5, 5.41) is 0. The zero-order valence-electron chi connectivity index (χ0n) is 8.69. The fourth-order valence-corrected chi connectivity index (χ4v) is 1.05. The summed E-state index contributed by atoms with van der Waals surface area (Å²) in [7, 11) is 0. The second-order valence-electron chi connectivity index (χ2n) is 3.51. The summed E-state index contributed by atoms with van der Waals surface area (Å²) in [6.45, 7) is 4.56. The van der Waals surface area contributed by atoms with Gasteiger partial charge in [-0.1, -0.05) is 37.3 Å². The average molecular weight is 192 g/mol. The molecule has 0 aliphatic heterocycles. The molecule has 0 fully saturated rings. The van der Waals surface area contributed by atoms with Crippen molar-refractivity contribution >= 4 is 5.78 Å². The molecule has 1 aromatic rings. The molecule has 0 bridgehead atoms. The molecule has 1 rings (SSSR count). The Hall–Kier alpha value is -1.15. The molecule has 0 aromatic heterocycles. The Bertz CT molecular complexity index is 280. The number of rotatable bonds is 5. The van der Waals surface area contributed by atoms with Crippen LogP contribution in [-0.4, -0.2) is 12.4 Å². The van der Waals surface area contributed by atoms with E-state index in [1.165, 1.54) is 0 Å². The van der Waals surface area contributed by atoms with Gasteiger partial charge in [-0.05, 0) is 12.5 Å². The summed E-state index contributed by atoms with van der Waals surface area (Å²) >= 11 is 0. The molecule has 0 amide bonds. The predicted molar refractivity (Wildman–Crippen MR) is 55.9 cm³/mol. The van der Waals surface area contributed by atoms with Crippen molar-refractivity contribution in [2.75, 3.05) is 6.61 Å². The van der Waals surface area contributed by atoms with Gasteiger partial charge in [-0.15, -0.1) is 0 Å². The lowest BCUT2D eigenvalue weighted by atomic mass is 10.1. The van der Waals surface area contributed by atoms with Crippen LogP contribution in [0.3, 0.4) is 0 Å². The van der Waals surface area contributed by atoms with Gasteiger partial charge in [0.1, 0.15) is 5.78 Å². The summed E-state index contributed by atoms with van der Waals surface area (Å²) in [4.78, 5) is 10.9. The molecular weight excluding hydrogens is 176 g/mol. The Kier molecular flexibility index (Phi) is 4.33. The lowest BCUT2D eigenvalue weighted by Gasteiger charge is -2.08. The zero-order valence-corrected chi connectivity index (χ0v) is 8.69. The van der Waals surface area contributed by atoms with Crippen molar-refractivity contribution < 1.29 is 9.53 Å². The third-order valence-corrected chi connectivity index (χ3v) is 2.17. The SMILES string of the molecule is CC(=O)[C@@H](C)COCc1ccccc1. The fraction of sp³-hybridized carbons (Fsp3) is 0.417. The molecule has 1 atom stereocenters. The highest BCUT2D eigenvalue weighted by atomic mass is 16.5. The van der Waals surface area contributed by atoms with Crippen LogP contribution in [0.2, 0.25) is 0 Å². The average Bonchev–Trinajstić information content (AvgIpc) is 2.19. The van der Waals surface area contributed by atoms with Crippen LogP contribution in [0.15, 0.2) is 30.3 Å². The molecule has 0 heterocycles. The van der Waals surface area contributed by atoms with E-state index in [4.69, 9.17) is 4.74 Å². The molecule has 0 radical (unpaired) electrons. The summed E-state index contributed by atoms with van der Waals surface area (Å²) < 4.78 is 5.42. The summed E-state index contributed by atoms with van der Waals surface area (Å²) in [5.74, 6) is 0.178. The highest BCUT2D eigenvalue weighted by Gasteiger charge is 2.06. The van der Waals surface area contributed by atoms with Crippen LogP contribution in [0.4, 0.5) is 0 Å². The summed E-state index contributed by atoms with van der Waals surface area (Å²) in [6.07, 6.45) is 0. The van der Waals surface area contributed by atoms with Crippen molar-refractivity contribution in [2.45, 2.75) is 20.5 Å². The molecule has 0 aliphatic rings. The van der Waals surface area contributed by atoms with Crippen molar-refractivity contribution in [3.05, 3.63) is 35.9 Å². The molecule has 2 heteroatoms. The van der Waals surface area contributed by atoms with Crippen LogP contribution >= 0.6 is 0 Å². The molecule has 0 aliphatic carbocycles. The topological polar surface area (TPSA) is 26.3 Å². The lowest BCUT2D eigenvalue weighted by molar-refractivity contribution is -0.122. The van der Waals surface area contributed by atoms with Gasteiger partial charge in [0.2, 0.25) is 0 Å². The number of Topliss-reactive ketones (excluding diaryl/α,β-unsaturated/α-hetero) is 1. The van der Waals surface area contributed by atoms with Gasteiger partial charge < -0.3 is 4.74 Å². The van der Waals surface area contributed by atoms with Crippen molar-refractivity contribution in [3.63, 3.8) is 0 Å². The second-order valence-corrected chi connectivity index (χ2v) is 3.51. The normalized spacial score (nSPS) is 12.4. The number of ether oxygens (including phenoxy) is 1. The Balaban J connectivity index is 2.26. The van der Waals surface area contributed by atoms with Gasteiger partial charge in [-0.3, -0.25) is 4.79 Å². The van der Waals surface area contributed by atoms with Crippen LogP contribution in [0.5, 0.6) is 0 Å². The Morgan fingerprint density at radius 3 is 2.57 bits per heavy atom. The third kappa shape index (κ3) is 3.71. The molecule has 2 nitrogen and oxygen atoms in total. The van der Waals surface area contributed by atoms with Gasteiger partial charge >= 0.3 is 0 Å². The minimum atomic E-state index is -0.00119. The minimum absolute atomic E-state index is 0.00119. The molecule has 0 N–H and O–H groups in total. The van der Waals surface area contributed by atoms with Gasteiger partial charge in [0, 0.05) is 5.92 Å². The van der Waals surface area contributed by atoms with Crippen molar-refractivity contribution in [3.8, 4) is 0 Å². The minimum Gasteiger partial charge on any atom is -0.376 e. The predicted octanol–water partition coefficient (Wildman–Crippen LogP) is 2.43. The molecule has 1 aromatic carbocycles. The largest absolute Gasteiger partial charge is 0.376 e. The lowest BCUT2D eigenvalue weighted by Crippen LogP contribution is -2.13. The van der Waals surface area contributed by atoms with Crippen LogP contribution < -0.4 is 0 Å². The number of carbonyl (C=O) groups is 1. The van der Waals surface area contributed by atoms with E-state index in [0.29, 0.717) is 13.2 Å². The van der Waals surface area contributed by atoms with E-state index in [-0.39, 0.29) is 11.7 Å². The highest BCUT2D eigenvalue weighted by molar-refractivity contribution is 5.77. The Morgan fingerprint density at radius 2 is 2.00 bits per heavy atom. The first-order valence-corrected chi connectivity index (χ1v) is 4.82. The van der Waals surface area contributed by atoms with Crippen molar-refractivity contribution in [1.82, 2.24) is 0 Å². The Labute approximate surface area is 84.9 Å². The maximum atomic E-state index is 10.9. The maximum absolute atomic E-state index is 10.9. The standard InChI is InChI=1S/C12H16O2/c1-10(11(2)13)8-14-9-12-6-4-3-5-7-12/h3-7,10H,8-9H2,1-2H3/t10-/m0/s1. The quantitative estimate of drug-likeness (QED) is 0.716. The van der Waals surface area contributed by atoms with Gasteiger partial charge in [0.15, 0.2) is 0 Å². The van der Waals surface area contributed by atoms with Crippen molar-refractivity contribution in [1.29, 1.82) is 0 Å². The summed E-state index contributed by atoms with van der Waals surface area (Å²) in [6, 6.07) is 9.96. The van der Waals surface area contributed by atoms with Gasteiger partial charge in [0.25, 0.3) is 0 Å². The maximum Gasteiger partial charge on any atom is 0.134 e. The van der Waals surface area contributed by atoms with E-state index < -0.39 is 0 Å². The second kappa shape index (κ2) is 5.55. The van der Waals surface area contributed by atoms with E-state index in [9.17, 15) is 4.79 Å². The fourth-order valence-electron chi connectivity index (χ4n) is 1.05. The van der Waals surface area contributed by atoms with E-state index in [1.807, 2.05) is 37.3 Å². The summed E-state index contributed by atoms with van der Waals surface area (Å²) in [5.41, 5.74) is 1.14. The molecule has 0 saturated heterocycles. The van der Waals surface area contributed by atoms with E-state index in [1.54, 1.807) is 6.92 Å². The first-order chi connectivity index (χ1) is 6.70. The first kappa shape index (κ1) is 10.9. The zero-order chi connectivity index (χ0) is 10.4. The number of hydrogen-bond acceptors (Lipinski definition) is 2. The molecule has 0 saturated carbocycles. The molecule has 76 valence electrons. The van der Waals surface area contributed by atoms with Crippen molar-refractivity contribution in [2.24, 2.45) is 5.92 Å². The van der Waals surface area contributed by atoms with Gasteiger partial charge in [-0.25, -0.2) is 0 Å². The number of ketones is 1. The van der Waals surface area contributed by atoms with Gasteiger partial charge in [0.05, 0.1) is 13.2 Å². The number of benzene rings is 1. The molecule has 14 heavy (non-hydrogen) atoms. The molecule has 0 spiro atoms.